The fourth-order valence-electron chi connectivity index (χ4n) is 1.76. The van der Waals surface area contributed by atoms with Gasteiger partial charge in [-0.25, -0.2) is 9.37 Å². The van der Waals surface area contributed by atoms with Gasteiger partial charge in [-0.05, 0) is 30.3 Å². The SMILES string of the molecule is N#Cc1ccc(Nc2nc3cc(F)ccc3s2)cc1Cl. The molecule has 0 aliphatic heterocycles. The minimum absolute atomic E-state index is 0.309. The van der Waals surface area contributed by atoms with E-state index < -0.39 is 0 Å². The van der Waals surface area contributed by atoms with E-state index in [4.69, 9.17) is 16.9 Å². The second kappa shape index (κ2) is 5.08. The Morgan fingerprint density at radius 2 is 2.10 bits per heavy atom. The maximum absolute atomic E-state index is 13.1. The van der Waals surface area contributed by atoms with E-state index in [1.807, 2.05) is 6.07 Å². The predicted molar refractivity (Wildman–Crippen MR) is 79.0 cm³/mol. The van der Waals surface area contributed by atoms with Crippen molar-refractivity contribution in [1.29, 1.82) is 5.26 Å². The third kappa shape index (κ3) is 2.44. The molecule has 0 fully saturated rings. The zero-order valence-electron chi connectivity index (χ0n) is 10.0. The fraction of sp³-hybridized carbons (Fsp3) is 0. The van der Waals surface area contributed by atoms with E-state index in [0.29, 0.717) is 21.2 Å². The molecule has 6 heteroatoms. The Morgan fingerprint density at radius 1 is 1.25 bits per heavy atom. The Balaban J connectivity index is 1.93. The average molecular weight is 304 g/mol. The van der Waals surface area contributed by atoms with Crippen molar-refractivity contribution >= 4 is 44.0 Å². The first-order valence-electron chi connectivity index (χ1n) is 5.68. The number of fused-ring (bicyclic) bond motifs is 1. The van der Waals surface area contributed by atoms with Crippen molar-refractivity contribution in [1.82, 2.24) is 4.98 Å². The standard InChI is InChI=1S/C14H7ClFN3S/c15-11-6-10(3-1-8(11)7-17)18-14-19-12-5-9(16)2-4-13(12)20-14/h1-6H,(H,18,19). The van der Waals surface area contributed by atoms with Crippen molar-refractivity contribution in [2.24, 2.45) is 0 Å². The highest BCUT2D eigenvalue weighted by atomic mass is 35.5. The molecule has 0 unspecified atom stereocenters. The van der Waals surface area contributed by atoms with Gasteiger partial charge in [0.15, 0.2) is 5.13 Å². The zero-order chi connectivity index (χ0) is 14.1. The number of nitrogens with zero attached hydrogens (tertiary/aromatic N) is 2. The number of anilines is 2. The van der Waals surface area contributed by atoms with E-state index in [2.05, 4.69) is 10.3 Å². The zero-order valence-corrected chi connectivity index (χ0v) is 11.6. The number of rotatable bonds is 2. The van der Waals surface area contributed by atoms with Gasteiger partial charge in [0.1, 0.15) is 11.9 Å². The number of aromatic nitrogens is 1. The number of hydrogen-bond donors (Lipinski definition) is 1. The van der Waals surface area contributed by atoms with Crippen molar-refractivity contribution in [2.45, 2.75) is 0 Å². The fourth-order valence-corrected chi connectivity index (χ4v) is 2.85. The Labute approximate surface area is 123 Å². The first-order valence-corrected chi connectivity index (χ1v) is 6.88. The van der Waals surface area contributed by atoms with Crippen molar-refractivity contribution in [3.8, 4) is 6.07 Å². The molecule has 98 valence electrons. The molecule has 0 aliphatic rings. The van der Waals surface area contributed by atoms with Crippen LogP contribution in [0.4, 0.5) is 15.2 Å². The number of halogens is 2. The van der Waals surface area contributed by atoms with E-state index in [0.717, 1.165) is 10.4 Å². The lowest BCUT2D eigenvalue weighted by Crippen LogP contribution is -1.89. The minimum atomic E-state index is -0.309. The summed E-state index contributed by atoms with van der Waals surface area (Å²) >= 11 is 7.39. The summed E-state index contributed by atoms with van der Waals surface area (Å²) in [5.41, 5.74) is 1.76. The van der Waals surface area contributed by atoms with Crippen LogP contribution in [0.3, 0.4) is 0 Å². The van der Waals surface area contributed by atoms with Gasteiger partial charge in [0, 0.05) is 11.8 Å². The molecule has 0 saturated carbocycles. The third-order valence-corrected chi connectivity index (χ3v) is 3.95. The molecule has 0 saturated heterocycles. The van der Waals surface area contributed by atoms with E-state index in [-0.39, 0.29) is 5.82 Å². The van der Waals surface area contributed by atoms with Gasteiger partial charge in [0.2, 0.25) is 0 Å². The first-order chi connectivity index (χ1) is 9.65. The normalized spacial score (nSPS) is 10.4. The van der Waals surface area contributed by atoms with E-state index in [1.165, 1.54) is 23.5 Å². The van der Waals surface area contributed by atoms with Crippen LogP contribution in [0.2, 0.25) is 5.02 Å². The molecule has 1 aromatic heterocycles. The molecule has 0 aliphatic carbocycles. The second-order valence-corrected chi connectivity index (χ2v) is 5.50. The number of nitrogens with one attached hydrogen (secondary N) is 1. The highest BCUT2D eigenvalue weighted by molar-refractivity contribution is 7.22. The molecular formula is C14H7ClFN3S. The number of thiazole rings is 1. The van der Waals surface area contributed by atoms with Crippen molar-refractivity contribution < 1.29 is 4.39 Å². The van der Waals surface area contributed by atoms with Crippen LogP contribution in [0, 0.1) is 17.1 Å². The van der Waals surface area contributed by atoms with Crippen LogP contribution < -0.4 is 5.32 Å². The summed E-state index contributed by atoms with van der Waals surface area (Å²) in [6.45, 7) is 0. The van der Waals surface area contributed by atoms with Gasteiger partial charge < -0.3 is 5.32 Å². The molecule has 3 nitrogen and oxygen atoms in total. The van der Waals surface area contributed by atoms with Gasteiger partial charge in [-0.15, -0.1) is 0 Å². The van der Waals surface area contributed by atoms with Crippen LogP contribution in [-0.2, 0) is 0 Å². The third-order valence-electron chi connectivity index (χ3n) is 2.69. The summed E-state index contributed by atoms with van der Waals surface area (Å²) < 4.78 is 14.0. The Hall–Kier alpha value is -2.16. The molecule has 0 spiro atoms. The molecule has 3 aromatic rings. The Kier molecular flexibility index (Phi) is 3.26. The largest absolute Gasteiger partial charge is 0.331 e. The van der Waals surface area contributed by atoms with Gasteiger partial charge in [-0.2, -0.15) is 5.26 Å². The number of benzene rings is 2. The van der Waals surface area contributed by atoms with Crippen LogP contribution in [0.15, 0.2) is 36.4 Å². The molecule has 3 rings (SSSR count). The summed E-state index contributed by atoms with van der Waals surface area (Å²) in [7, 11) is 0. The Morgan fingerprint density at radius 3 is 2.85 bits per heavy atom. The van der Waals surface area contributed by atoms with Crippen molar-refractivity contribution in [3.05, 3.63) is 52.8 Å². The molecule has 0 bridgehead atoms. The summed E-state index contributed by atoms with van der Waals surface area (Å²) in [4.78, 5) is 4.30. The lowest BCUT2D eigenvalue weighted by molar-refractivity contribution is 0.629. The summed E-state index contributed by atoms with van der Waals surface area (Å²) in [6, 6.07) is 11.5. The van der Waals surface area contributed by atoms with Crippen molar-refractivity contribution in [2.75, 3.05) is 5.32 Å². The second-order valence-electron chi connectivity index (χ2n) is 4.06. The van der Waals surface area contributed by atoms with Gasteiger partial charge in [-0.3, -0.25) is 0 Å². The first kappa shape index (κ1) is 12.9. The number of hydrogen-bond acceptors (Lipinski definition) is 4. The highest BCUT2D eigenvalue weighted by Crippen LogP contribution is 2.30. The summed E-state index contributed by atoms with van der Waals surface area (Å²) in [5.74, 6) is -0.309. The van der Waals surface area contributed by atoms with E-state index >= 15 is 0 Å². The van der Waals surface area contributed by atoms with Gasteiger partial charge in [-0.1, -0.05) is 22.9 Å². The molecule has 1 N–H and O–H groups in total. The van der Waals surface area contributed by atoms with Gasteiger partial charge >= 0.3 is 0 Å². The molecule has 2 aromatic carbocycles. The smallest absolute Gasteiger partial charge is 0.188 e. The van der Waals surface area contributed by atoms with E-state index in [9.17, 15) is 4.39 Å². The van der Waals surface area contributed by atoms with Crippen LogP contribution in [0.5, 0.6) is 0 Å². The maximum Gasteiger partial charge on any atom is 0.188 e. The van der Waals surface area contributed by atoms with Gasteiger partial charge in [0.25, 0.3) is 0 Å². The molecule has 20 heavy (non-hydrogen) atoms. The van der Waals surface area contributed by atoms with Crippen molar-refractivity contribution in [3.63, 3.8) is 0 Å². The number of nitriles is 1. The molecule has 0 amide bonds. The van der Waals surface area contributed by atoms with Crippen LogP contribution in [0.1, 0.15) is 5.56 Å². The average Bonchev–Trinajstić information content (AvgIpc) is 2.80. The summed E-state index contributed by atoms with van der Waals surface area (Å²) in [6.07, 6.45) is 0. The molecule has 1 heterocycles. The minimum Gasteiger partial charge on any atom is -0.331 e. The van der Waals surface area contributed by atoms with Crippen LogP contribution in [0.25, 0.3) is 10.2 Å². The predicted octanol–water partition coefficient (Wildman–Crippen LogP) is 4.70. The Bertz CT molecular complexity index is 838. The van der Waals surface area contributed by atoms with Gasteiger partial charge in [0.05, 0.1) is 20.8 Å². The highest BCUT2D eigenvalue weighted by Gasteiger charge is 2.06. The maximum atomic E-state index is 13.1. The topological polar surface area (TPSA) is 48.7 Å². The van der Waals surface area contributed by atoms with E-state index in [1.54, 1.807) is 24.3 Å². The molecular weight excluding hydrogens is 297 g/mol. The summed E-state index contributed by atoms with van der Waals surface area (Å²) in [5, 5.41) is 12.9. The quantitative estimate of drug-likeness (QED) is 0.746. The molecule has 0 radical (unpaired) electrons. The lowest BCUT2D eigenvalue weighted by atomic mass is 10.2. The monoisotopic (exact) mass is 303 g/mol. The molecule has 0 atom stereocenters. The van der Waals surface area contributed by atoms with Crippen LogP contribution in [-0.4, -0.2) is 4.98 Å². The van der Waals surface area contributed by atoms with Crippen LogP contribution >= 0.6 is 22.9 Å². The lowest BCUT2D eigenvalue weighted by Gasteiger charge is -2.03.